The Labute approximate surface area is 144 Å². The molecule has 0 aromatic heterocycles. The van der Waals surface area contributed by atoms with Gasteiger partial charge in [-0.3, -0.25) is 9.59 Å². The predicted octanol–water partition coefficient (Wildman–Crippen LogP) is 2.27. The molecule has 1 saturated heterocycles. The molecule has 2 rings (SSSR count). The van der Waals surface area contributed by atoms with Crippen molar-refractivity contribution >= 4 is 11.8 Å². The van der Waals surface area contributed by atoms with E-state index in [1.807, 2.05) is 30.3 Å². The number of unbranched alkanes of at least 4 members (excludes halogenated alkanes) is 1. The van der Waals surface area contributed by atoms with Crippen LogP contribution in [0.2, 0.25) is 0 Å². The Balaban J connectivity index is 1.75. The zero-order chi connectivity index (χ0) is 17.4. The largest absolute Gasteiger partial charge is 0.388 e. The van der Waals surface area contributed by atoms with Crippen LogP contribution in [0.4, 0.5) is 0 Å². The molecule has 1 atom stereocenters. The summed E-state index contributed by atoms with van der Waals surface area (Å²) in [5.74, 6) is 0.0704. The minimum absolute atomic E-state index is 0.00459. The molecule has 2 N–H and O–H groups in total. The summed E-state index contributed by atoms with van der Waals surface area (Å²) in [5, 5.41) is 13.1. The Kier molecular flexibility index (Phi) is 7.25. The number of nitrogens with zero attached hydrogens (tertiary/aromatic N) is 1. The van der Waals surface area contributed by atoms with E-state index in [1.54, 1.807) is 4.90 Å². The maximum Gasteiger partial charge on any atom is 0.225 e. The third-order valence-corrected chi connectivity index (χ3v) is 4.60. The van der Waals surface area contributed by atoms with Gasteiger partial charge in [-0.1, -0.05) is 43.7 Å². The van der Waals surface area contributed by atoms with Gasteiger partial charge in [0.25, 0.3) is 0 Å². The second-order valence-electron chi connectivity index (χ2n) is 6.43. The van der Waals surface area contributed by atoms with Crippen LogP contribution in [0.25, 0.3) is 0 Å². The van der Waals surface area contributed by atoms with E-state index >= 15 is 0 Å². The smallest absolute Gasteiger partial charge is 0.225 e. The van der Waals surface area contributed by atoms with Gasteiger partial charge in [0.15, 0.2) is 0 Å². The summed E-state index contributed by atoms with van der Waals surface area (Å²) in [7, 11) is 0. The predicted molar refractivity (Wildman–Crippen MR) is 93.2 cm³/mol. The zero-order valence-electron chi connectivity index (χ0n) is 14.4. The van der Waals surface area contributed by atoms with E-state index in [-0.39, 0.29) is 24.2 Å². The van der Waals surface area contributed by atoms with Crippen molar-refractivity contribution in [2.75, 3.05) is 19.6 Å². The van der Waals surface area contributed by atoms with Crippen molar-refractivity contribution < 1.29 is 14.7 Å². The number of hydrogen-bond donors (Lipinski definition) is 2. The highest BCUT2D eigenvalue weighted by Crippen LogP contribution is 2.21. The number of amides is 2. The molecular weight excluding hydrogens is 304 g/mol. The summed E-state index contributed by atoms with van der Waals surface area (Å²) in [5.41, 5.74) is 0.760. The lowest BCUT2D eigenvalue weighted by Gasteiger charge is -2.32. The van der Waals surface area contributed by atoms with Crippen LogP contribution in [0.15, 0.2) is 30.3 Å². The Morgan fingerprint density at radius 3 is 2.54 bits per heavy atom. The molecule has 24 heavy (non-hydrogen) atoms. The lowest BCUT2D eigenvalue weighted by molar-refractivity contribution is -0.137. The van der Waals surface area contributed by atoms with Crippen LogP contribution >= 0.6 is 0 Å². The lowest BCUT2D eigenvalue weighted by Crippen LogP contribution is -2.43. The number of carbonyl (C=O) groups is 2. The monoisotopic (exact) mass is 332 g/mol. The summed E-state index contributed by atoms with van der Waals surface area (Å²) < 4.78 is 0. The molecule has 1 aliphatic rings. The van der Waals surface area contributed by atoms with Gasteiger partial charge < -0.3 is 15.3 Å². The number of aliphatic hydroxyl groups excluding tert-OH is 1. The Hall–Kier alpha value is -1.88. The third-order valence-electron chi connectivity index (χ3n) is 4.60. The fourth-order valence-corrected chi connectivity index (χ4v) is 3.01. The van der Waals surface area contributed by atoms with Gasteiger partial charge in [-0.15, -0.1) is 0 Å². The Morgan fingerprint density at radius 1 is 1.25 bits per heavy atom. The number of piperidine rings is 1. The topological polar surface area (TPSA) is 69.6 Å². The first-order valence-corrected chi connectivity index (χ1v) is 8.90. The molecule has 0 saturated carbocycles. The number of benzene rings is 1. The number of rotatable bonds is 7. The van der Waals surface area contributed by atoms with Crippen LogP contribution in [0.5, 0.6) is 0 Å². The Morgan fingerprint density at radius 2 is 1.92 bits per heavy atom. The Bertz CT molecular complexity index is 525. The average molecular weight is 332 g/mol. The summed E-state index contributed by atoms with van der Waals surface area (Å²) in [4.78, 5) is 26.2. The SMILES string of the molecule is CCCCNC(=O)C1CCN(C(=O)CC(O)c2ccccc2)CC1. The zero-order valence-corrected chi connectivity index (χ0v) is 14.4. The molecule has 132 valence electrons. The quantitative estimate of drug-likeness (QED) is 0.753. The second kappa shape index (κ2) is 9.42. The van der Waals surface area contributed by atoms with E-state index in [0.717, 1.165) is 24.9 Å². The molecule has 5 heteroatoms. The molecule has 1 unspecified atom stereocenters. The van der Waals surface area contributed by atoms with E-state index in [0.29, 0.717) is 25.9 Å². The highest BCUT2D eigenvalue weighted by atomic mass is 16.3. The van der Waals surface area contributed by atoms with E-state index in [1.165, 1.54) is 0 Å². The molecule has 1 aliphatic heterocycles. The minimum Gasteiger partial charge on any atom is -0.388 e. The van der Waals surface area contributed by atoms with Crippen LogP contribution in [0.3, 0.4) is 0 Å². The number of nitrogens with one attached hydrogen (secondary N) is 1. The molecule has 0 radical (unpaired) electrons. The van der Waals surface area contributed by atoms with Gasteiger partial charge in [0.05, 0.1) is 12.5 Å². The van der Waals surface area contributed by atoms with E-state index in [9.17, 15) is 14.7 Å². The summed E-state index contributed by atoms with van der Waals surface area (Å²) in [6.45, 7) is 4.01. The molecule has 2 amide bonds. The van der Waals surface area contributed by atoms with Crippen LogP contribution in [0, 0.1) is 5.92 Å². The van der Waals surface area contributed by atoms with Crippen LogP contribution in [-0.2, 0) is 9.59 Å². The lowest BCUT2D eigenvalue weighted by atomic mass is 9.95. The maximum atomic E-state index is 12.3. The van der Waals surface area contributed by atoms with E-state index in [2.05, 4.69) is 12.2 Å². The van der Waals surface area contributed by atoms with Crippen molar-refractivity contribution in [1.29, 1.82) is 0 Å². The first kappa shape index (κ1) is 18.5. The van der Waals surface area contributed by atoms with Gasteiger partial charge in [-0.05, 0) is 24.8 Å². The van der Waals surface area contributed by atoms with Crippen molar-refractivity contribution in [2.45, 2.75) is 45.1 Å². The second-order valence-corrected chi connectivity index (χ2v) is 6.43. The van der Waals surface area contributed by atoms with Crippen LogP contribution in [0.1, 0.15) is 50.7 Å². The molecule has 0 bridgehead atoms. The highest BCUT2D eigenvalue weighted by molar-refractivity contribution is 5.80. The summed E-state index contributed by atoms with van der Waals surface area (Å²) in [6.07, 6.45) is 2.79. The van der Waals surface area contributed by atoms with E-state index in [4.69, 9.17) is 0 Å². The van der Waals surface area contributed by atoms with Crippen molar-refractivity contribution in [1.82, 2.24) is 10.2 Å². The minimum atomic E-state index is -0.770. The molecule has 1 heterocycles. The van der Waals surface area contributed by atoms with Gasteiger partial charge in [0, 0.05) is 25.6 Å². The standard InChI is InChI=1S/C19H28N2O3/c1-2-3-11-20-19(24)16-9-12-21(13-10-16)18(23)14-17(22)15-7-5-4-6-8-15/h4-8,16-17,22H,2-3,9-14H2,1H3,(H,20,24). The fourth-order valence-electron chi connectivity index (χ4n) is 3.01. The van der Waals surface area contributed by atoms with Gasteiger partial charge in [0.1, 0.15) is 0 Å². The van der Waals surface area contributed by atoms with Crippen molar-refractivity contribution in [3.05, 3.63) is 35.9 Å². The molecule has 5 nitrogen and oxygen atoms in total. The molecule has 1 aromatic carbocycles. The number of likely N-dealkylation sites (tertiary alicyclic amines) is 1. The first-order valence-electron chi connectivity index (χ1n) is 8.90. The molecule has 0 spiro atoms. The van der Waals surface area contributed by atoms with E-state index < -0.39 is 6.10 Å². The average Bonchev–Trinajstić information content (AvgIpc) is 2.62. The number of aliphatic hydroxyl groups is 1. The number of hydrogen-bond acceptors (Lipinski definition) is 3. The van der Waals surface area contributed by atoms with Gasteiger partial charge in [-0.25, -0.2) is 0 Å². The summed E-state index contributed by atoms with van der Waals surface area (Å²) in [6, 6.07) is 9.24. The van der Waals surface area contributed by atoms with Crippen LogP contribution in [-0.4, -0.2) is 41.5 Å². The molecule has 1 aromatic rings. The van der Waals surface area contributed by atoms with Crippen LogP contribution < -0.4 is 5.32 Å². The van der Waals surface area contributed by atoms with Gasteiger partial charge >= 0.3 is 0 Å². The first-order chi connectivity index (χ1) is 11.6. The maximum absolute atomic E-state index is 12.3. The third kappa shape index (κ3) is 5.34. The normalized spacial score (nSPS) is 16.7. The van der Waals surface area contributed by atoms with Gasteiger partial charge in [0.2, 0.25) is 11.8 Å². The van der Waals surface area contributed by atoms with Crippen molar-refractivity contribution in [2.24, 2.45) is 5.92 Å². The van der Waals surface area contributed by atoms with Gasteiger partial charge in [-0.2, -0.15) is 0 Å². The number of carbonyl (C=O) groups excluding carboxylic acids is 2. The van der Waals surface area contributed by atoms with Crippen molar-refractivity contribution in [3.63, 3.8) is 0 Å². The molecule has 0 aliphatic carbocycles. The van der Waals surface area contributed by atoms with Crippen molar-refractivity contribution in [3.8, 4) is 0 Å². The fraction of sp³-hybridized carbons (Fsp3) is 0.579. The highest BCUT2D eigenvalue weighted by Gasteiger charge is 2.28. The molecular formula is C19H28N2O3. The summed E-state index contributed by atoms with van der Waals surface area (Å²) >= 11 is 0. The molecule has 1 fully saturated rings.